The maximum atomic E-state index is 6.27. The number of aromatic nitrogens is 1. The maximum Gasteiger partial charge on any atom is 0.171 e. The molecule has 4 nitrogen and oxygen atoms in total. The average molecular weight is 300 g/mol. The molecule has 0 saturated carbocycles. The summed E-state index contributed by atoms with van der Waals surface area (Å²) in [6.45, 7) is 6.31. The van der Waals surface area contributed by atoms with Crippen LogP contribution < -0.4 is 9.47 Å². The zero-order valence-electron chi connectivity index (χ0n) is 13.2. The molecular formula is C18H24N2O2. The van der Waals surface area contributed by atoms with E-state index in [0.29, 0.717) is 6.61 Å². The SMILES string of the molecule is CCC1CCN(CC2COc3ccc4[nH]ccc4c3O2)CC1. The lowest BCUT2D eigenvalue weighted by Crippen LogP contribution is -2.44. The van der Waals surface area contributed by atoms with Crippen molar-refractivity contribution >= 4 is 10.9 Å². The van der Waals surface area contributed by atoms with E-state index in [9.17, 15) is 0 Å². The first-order valence-corrected chi connectivity index (χ1v) is 8.45. The lowest BCUT2D eigenvalue weighted by molar-refractivity contribution is 0.0489. The minimum absolute atomic E-state index is 0.131. The lowest BCUT2D eigenvalue weighted by atomic mass is 9.94. The van der Waals surface area contributed by atoms with Gasteiger partial charge in [-0.2, -0.15) is 0 Å². The number of likely N-dealkylation sites (tertiary alicyclic amines) is 1. The molecule has 0 spiro atoms. The lowest BCUT2D eigenvalue weighted by Gasteiger charge is -2.35. The number of hydrogen-bond donors (Lipinski definition) is 1. The van der Waals surface area contributed by atoms with Crippen LogP contribution in [0.5, 0.6) is 11.5 Å². The predicted molar refractivity (Wildman–Crippen MR) is 87.7 cm³/mol. The van der Waals surface area contributed by atoms with Crippen LogP contribution in [0.2, 0.25) is 0 Å². The van der Waals surface area contributed by atoms with E-state index in [-0.39, 0.29) is 6.10 Å². The molecule has 1 aromatic carbocycles. The molecule has 2 aliphatic rings. The molecule has 1 saturated heterocycles. The summed E-state index contributed by atoms with van der Waals surface area (Å²) in [6.07, 6.45) is 6.04. The van der Waals surface area contributed by atoms with Crippen LogP contribution in [0.3, 0.4) is 0 Å². The Labute approximate surface area is 131 Å². The molecule has 1 unspecified atom stereocenters. The maximum absolute atomic E-state index is 6.27. The number of fused-ring (bicyclic) bond motifs is 3. The van der Waals surface area contributed by atoms with Crippen molar-refractivity contribution in [1.82, 2.24) is 9.88 Å². The highest BCUT2D eigenvalue weighted by molar-refractivity contribution is 5.88. The van der Waals surface area contributed by atoms with Crippen molar-refractivity contribution in [3.8, 4) is 11.5 Å². The van der Waals surface area contributed by atoms with Crippen LogP contribution >= 0.6 is 0 Å². The van der Waals surface area contributed by atoms with Crippen LogP contribution in [0.4, 0.5) is 0 Å². The number of nitrogens with zero attached hydrogens (tertiary/aromatic N) is 1. The van der Waals surface area contributed by atoms with Crippen molar-refractivity contribution in [3.05, 3.63) is 24.4 Å². The summed E-state index contributed by atoms with van der Waals surface area (Å²) in [7, 11) is 0. The summed E-state index contributed by atoms with van der Waals surface area (Å²) in [5, 5.41) is 1.12. The Morgan fingerprint density at radius 2 is 2.09 bits per heavy atom. The van der Waals surface area contributed by atoms with Crippen molar-refractivity contribution < 1.29 is 9.47 Å². The number of piperidine rings is 1. The van der Waals surface area contributed by atoms with Gasteiger partial charge in [-0.3, -0.25) is 4.90 Å². The van der Waals surface area contributed by atoms with Gasteiger partial charge < -0.3 is 14.5 Å². The number of nitrogens with one attached hydrogen (secondary N) is 1. The van der Waals surface area contributed by atoms with Crippen molar-refractivity contribution in [3.63, 3.8) is 0 Å². The van der Waals surface area contributed by atoms with E-state index in [1.165, 1.54) is 32.4 Å². The molecule has 3 heterocycles. The third-order valence-corrected chi connectivity index (χ3v) is 5.10. The third kappa shape index (κ3) is 2.56. The second-order valence-corrected chi connectivity index (χ2v) is 6.53. The highest BCUT2D eigenvalue weighted by Crippen LogP contribution is 2.38. The fraction of sp³-hybridized carbons (Fsp3) is 0.556. The van der Waals surface area contributed by atoms with Gasteiger partial charge in [0.05, 0.1) is 0 Å². The van der Waals surface area contributed by atoms with E-state index < -0.39 is 0 Å². The smallest absolute Gasteiger partial charge is 0.171 e. The molecule has 22 heavy (non-hydrogen) atoms. The van der Waals surface area contributed by atoms with Gasteiger partial charge in [-0.25, -0.2) is 0 Å². The van der Waals surface area contributed by atoms with Gasteiger partial charge in [0.1, 0.15) is 12.7 Å². The number of benzene rings is 1. The number of aromatic amines is 1. The Kier molecular flexibility index (Phi) is 3.70. The highest BCUT2D eigenvalue weighted by atomic mass is 16.6. The zero-order valence-corrected chi connectivity index (χ0v) is 13.2. The largest absolute Gasteiger partial charge is 0.486 e. The van der Waals surface area contributed by atoms with E-state index in [1.54, 1.807) is 0 Å². The second kappa shape index (κ2) is 5.84. The third-order valence-electron chi connectivity index (χ3n) is 5.10. The average Bonchev–Trinajstić information content (AvgIpc) is 3.05. The number of H-pyrrole nitrogens is 1. The zero-order chi connectivity index (χ0) is 14.9. The molecule has 0 aliphatic carbocycles. The topological polar surface area (TPSA) is 37.5 Å². The van der Waals surface area contributed by atoms with Crippen LogP contribution in [0.25, 0.3) is 10.9 Å². The summed E-state index contributed by atoms with van der Waals surface area (Å²) < 4.78 is 12.2. The molecule has 2 aliphatic heterocycles. The molecule has 0 radical (unpaired) electrons. The van der Waals surface area contributed by atoms with E-state index in [0.717, 1.165) is 34.9 Å². The Bertz CT molecular complexity index is 644. The molecule has 1 N–H and O–H groups in total. The summed E-state index contributed by atoms with van der Waals surface area (Å²) in [4.78, 5) is 5.76. The first-order chi connectivity index (χ1) is 10.8. The van der Waals surface area contributed by atoms with Crippen LogP contribution in [-0.2, 0) is 0 Å². The van der Waals surface area contributed by atoms with E-state index in [4.69, 9.17) is 9.47 Å². The summed E-state index contributed by atoms with van der Waals surface area (Å²) >= 11 is 0. The van der Waals surface area contributed by atoms with Crippen LogP contribution in [0, 0.1) is 5.92 Å². The Balaban J connectivity index is 1.44. The minimum Gasteiger partial charge on any atom is -0.486 e. The molecule has 4 rings (SSSR count). The van der Waals surface area contributed by atoms with Crippen LogP contribution in [-0.4, -0.2) is 42.2 Å². The molecule has 1 aromatic heterocycles. The highest BCUT2D eigenvalue weighted by Gasteiger charge is 2.27. The van der Waals surface area contributed by atoms with E-state index in [2.05, 4.69) is 22.9 Å². The van der Waals surface area contributed by atoms with Crippen molar-refractivity contribution in [1.29, 1.82) is 0 Å². The van der Waals surface area contributed by atoms with Crippen molar-refractivity contribution in [2.75, 3.05) is 26.2 Å². The molecule has 1 atom stereocenters. The van der Waals surface area contributed by atoms with Crippen LogP contribution in [0.1, 0.15) is 26.2 Å². The number of rotatable bonds is 3. The molecule has 0 amide bonds. The first-order valence-electron chi connectivity index (χ1n) is 8.45. The van der Waals surface area contributed by atoms with Crippen molar-refractivity contribution in [2.45, 2.75) is 32.3 Å². The summed E-state index contributed by atoms with van der Waals surface area (Å²) in [5.41, 5.74) is 1.10. The molecule has 1 fully saturated rings. The minimum atomic E-state index is 0.131. The molecule has 4 heteroatoms. The summed E-state index contributed by atoms with van der Waals surface area (Å²) in [5.74, 6) is 2.69. The van der Waals surface area contributed by atoms with Gasteiger partial charge in [-0.15, -0.1) is 0 Å². The van der Waals surface area contributed by atoms with E-state index >= 15 is 0 Å². The number of ether oxygens (including phenoxy) is 2. The first kappa shape index (κ1) is 13.9. The molecular weight excluding hydrogens is 276 g/mol. The fourth-order valence-electron chi connectivity index (χ4n) is 3.66. The van der Waals surface area contributed by atoms with Gasteiger partial charge in [0.25, 0.3) is 0 Å². The van der Waals surface area contributed by atoms with E-state index in [1.807, 2.05) is 18.3 Å². The van der Waals surface area contributed by atoms with Crippen molar-refractivity contribution in [2.24, 2.45) is 5.92 Å². The monoisotopic (exact) mass is 300 g/mol. The van der Waals surface area contributed by atoms with Gasteiger partial charge in [0.2, 0.25) is 0 Å². The van der Waals surface area contributed by atoms with Crippen LogP contribution in [0.15, 0.2) is 24.4 Å². The standard InChI is InChI=1S/C18H24N2O2/c1-2-13-6-9-20(10-7-13)11-14-12-21-17-4-3-16-15(5-8-19-16)18(17)22-14/h3-5,8,13-14,19H,2,6-7,9-12H2,1H3. The quantitative estimate of drug-likeness (QED) is 0.943. The van der Waals surface area contributed by atoms with Gasteiger partial charge in [0, 0.05) is 23.6 Å². The van der Waals surface area contributed by atoms with Gasteiger partial charge in [-0.05, 0) is 50.0 Å². The summed E-state index contributed by atoms with van der Waals surface area (Å²) in [6, 6.07) is 6.11. The second-order valence-electron chi connectivity index (χ2n) is 6.53. The molecule has 0 bridgehead atoms. The Hall–Kier alpha value is -1.68. The normalized spacial score (nSPS) is 23.0. The van der Waals surface area contributed by atoms with Gasteiger partial charge in [0.15, 0.2) is 11.5 Å². The predicted octanol–water partition coefficient (Wildman–Crippen LogP) is 3.43. The Morgan fingerprint density at radius 3 is 2.91 bits per heavy atom. The number of hydrogen-bond acceptors (Lipinski definition) is 3. The molecule has 2 aromatic rings. The van der Waals surface area contributed by atoms with Gasteiger partial charge >= 0.3 is 0 Å². The fourth-order valence-corrected chi connectivity index (χ4v) is 3.66. The Morgan fingerprint density at radius 1 is 1.23 bits per heavy atom. The van der Waals surface area contributed by atoms with Gasteiger partial charge in [-0.1, -0.05) is 13.3 Å². The molecule has 118 valence electrons.